The molecule has 2 aromatic rings. The lowest BCUT2D eigenvalue weighted by molar-refractivity contribution is 0.440. The molecular weight excluding hydrogens is 258 g/mol. The second-order valence-electron chi connectivity index (χ2n) is 5.10. The molecule has 0 atom stereocenters. The van der Waals surface area contributed by atoms with Gasteiger partial charge in [-0.3, -0.25) is 4.79 Å². The molecule has 1 aliphatic carbocycles. The van der Waals surface area contributed by atoms with Crippen molar-refractivity contribution in [1.82, 2.24) is 24.4 Å². The molecule has 20 heavy (non-hydrogen) atoms. The molecule has 106 valence electrons. The summed E-state index contributed by atoms with van der Waals surface area (Å²) in [5, 5.41) is 7.87. The molecule has 7 heteroatoms. The Morgan fingerprint density at radius 2 is 1.90 bits per heavy atom. The van der Waals surface area contributed by atoms with Crippen LogP contribution in [0.25, 0.3) is 0 Å². The van der Waals surface area contributed by atoms with Gasteiger partial charge in [0, 0.05) is 18.8 Å². The zero-order chi connectivity index (χ0) is 13.9. The third-order valence-corrected chi connectivity index (χ3v) is 3.78. The largest absolute Gasteiger partial charge is 0.363 e. The first kappa shape index (κ1) is 12.8. The Labute approximate surface area is 115 Å². The maximum Gasteiger partial charge on any atom is 0.363 e. The van der Waals surface area contributed by atoms with E-state index >= 15 is 0 Å². The highest BCUT2D eigenvalue weighted by molar-refractivity contribution is 4.93. The molecule has 1 saturated carbocycles. The van der Waals surface area contributed by atoms with Gasteiger partial charge in [0.25, 0.3) is 5.56 Å². The molecule has 1 aliphatic rings. The fourth-order valence-electron chi connectivity index (χ4n) is 2.65. The molecule has 0 saturated heterocycles. The standard InChI is InChI=1S/C13H17N5O2/c19-12-7-3-4-8-16(12)9-10-17-13(20)18(15-14-17)11-5-1-2-6-11/h3-4,7-8,11H,1-2,5-6,9-10H2. The summed E-state index contributed by atoms with van der Waals surface area (Å²) >= 11 is 0. The van der Waals surface area contributed by atoms with Gasteiger partial charge < -0.3 is 4.57 Å². The minimum atomic E-state index is -0.180. The molecule has 7 nitrogen and oxygen atoms in total. The van der Waals surface area contributed by atoms with Gasteiger partial charge in [-0.1, -0.05) is 18.9 Å². The minimum Gasteiger partial charge on any atom is -0.314 e. The number of aryl methyl sites for hydroxylation is 2. The average Bonchev–Trinajstić information content (AvgIpc) is 3.08. The second kappa shape index (κ2) is 5.44. The summed E-state index contributed by atoms with van der Waals surface area (Å²) in [5.74, 6) is 0. The molecule has 2 heterocycles. The molecule has 0 unspecified atom stereocenters. The average molecular weight is 275 g/mol. The normalized spacial score (nSPS) is 15.8. The van der Waals surface area contributed by atoms with Crippen molar-refractivity contribution < 1.29 is 0 Å². The highest BCUT2D eigenvalue weighted by Gasteiger charge is 2.21. The molecule has 0 spiro atoms. The third kappa shape index (κ3) is 2.43. The SMILES string of the molecule is O=c1ccccn1CCn1nnn(C2CCCC2)c1=O. The van der Waals surface area contributed by atoms with E-state index < -0.39 is 0 Å². The highest BCUT2D eigenvalue weighted by atomic mass is 16.2. The van der Waals surface area contributed by atoms with E-state index in [0.717, 1.165) is 25.7 Å². The van der Waals surface area contributed by atoms with Crippen LogP contribution in [0.15, 0.2) is 34.0 Å². The Kier molecular flexibility index (Phi) is 3.49. The maximum atomic E-state index is 12.2. The van der Waals surface area contributed by atoms with E-state index in [9.17, 15) is 9.59 Å². The van der Waals surface area contributed by atoms with Crippen molar-refractivity contribution in [3.63, 3.8) is 0 Å². The summed E-state index contributed by atoms with van der Waals surface area (Å²) < 4.78 is 4.37. The number of hydrogen-bond donors (Lipinski definition) is 0. The van der Waals surface area contributed by atoms with Gasteiger partial charge in [-0.15, -0.1) is 0 Å². The van der Waals surface area contributed by atoms with E-state index in [1.807, 2.05) is 0 Å². The number of aromatic nitrogens is 5. The van der Waals surface area contributed by atoms with Crippen LogP contribution in [0.5, 0.6) is 0 Å². The summed E-state index contributed by atoms with van der Waals surface area (Å²) in [7, 11) is 0. The van der Waals surface area contributed by atoms with Crippen LogP contribution in [0.1, 0.15) is 31.7 Å². The Bertz CT molecular complexity index is 693. The van der Waals surface area contributed by atoms with Crippen LogP contribution in [0.3, 0.4) is 0 Å². The number of rotatable bonds is 4. The molecule has 0 N–H and O–H groups in total. The van der Waals surface area contributed by atoms with E-state index in [2.05, 4.69) is 10.4 Å². The van der Waals surface area contributed by atoms with E-state index in [-0.39, 0.29) is 17.3 Å². The molecule has 0 amide bonds. The molecule has 0 radical (unpaired) electrons. The van der Waals surface area contributed by atoms with E-state index in [1.165, 1.54) is 15.4 Å². The van der Waals surface area contributed by atoms with Crippen molar-refractivity contribution in [2.75, 3.05) is 0 Å². The number of tetrazole rings is 1. The van der Waals surface area contributed by atoms with E-state index in [0.29, 0.717) is 13.1 Å². The zero-order valence-electron chi connectivity index (χ0n) is 11.2. The van der Waals surface area contributed by atoms with Gasteiger partial charge in [0.15, 0.2) is 0 Å². The van der Waals surface area contributed by atoms with Crippen molar-refractivity contribution in [1.29, 1.82) is 0 Å². The molecule has 2 aromatic heterocycles. The Morgan fingerprint density at radius 3 is 2.65 bits per heavy atom. The molecule has 0 bridgehead atoms. The van der Waals surface area contributed by atoms with Crippen LogP contribution in [-0.2, 0) is 13.1 Å². The maximum absolute atomic E-state index is 12.2. The number of hydrogen-bond acceptors (Lipinski definition) is 4. The predicted molar refractivity (Wildman–Crippen MR) is 72.5 cm³/mol. The van der Waals surface area contributed by atoms with Gasteiger partial charge in [-0.05, 0) is 29.3 Å². The van der Waals surface area contributed by atoms with Gasteiger partial charge in [0.05, 0.1) is 12.6 Å². The van der Waals surface area contributed by atoms with Gasteiger partial charge in [0.2, 0.25) is 0 Å². The van der Waals surface area contributed by atoms with Crippen molar-refractivity contribution in [2.45, 2.75) is 44.8 Å². The van der Waals surface area contributed by atoms with Gasteiger partial charge in [-0.2, -0.15) is 9.36 Å². The topological polar surface area (TPSA) is 74.7 Å². The fourth-order valence-corrected chi connectivity index (χ4v) is 2.65. The van der Waals surface area contributed by atoms with Crippen LogP contribution in [-0.4, -0.2) is 24.4 Å². The summed E-state index contributed by atoms with van der Waals surface area (Å²) in [4.78, 5) is 23.7. The zero-order valence-corrected chi connectivity index (χ0v) is 11.2. The van der Waals surface area contributed by atoms with Gasteiger partial charge >= 0.3 is 5.69 Å². The molecule has 0 aromatic carbocycles. The lowest BCUT2D eigenvalue weighted by Crippen LogP contribution is -2.30. The van der Waals surface area contributed by atoms with Gasteiger partial charge in [-0.25, -0.2) is 4.79 Å². The molecule has 0 aliphatic heterocycles. The van der Waals surface area contributed by atoms with E-state index in [1.54, 1.807) is 22.9 Å². The van der Waals surface area contributed by atoms with Gasteiger partial charge in [0.1, 0.15) is 0 Å². The lowest BCUT2D eigenvalue weighted by Gasteiger charge is -2.06. The Hall–Kier alpha value is -2.18. The summed E-state index contributed by atoms with van der Waals surface area (Å²) in [6.07, 6.45) is 5.98. The van der Waals surface area contributed by atoms with Crippen molar-refractivity contribution in [3.05, 3.63) is 45.2 Å². The van der Waals surface area contributed by atoms with Crippen LogP contribution in [0.2, 0.25) is 0 Å². The Morgan fingerprint density at radius 1 is 1.10 bits per heavy atom. The second-order valence-corrected chi connectivity index (χ2v) is 5.10. The summed E-state index contributed by atoms with van der Waals surface area (Å²) in [5.41, 5.74) is -0.260. The predicted octanol–water partition coefficient (Wildman–Crippen LogP) is 0.417. The minimum absolute atomic E-state index is 0.0799. The Balaban J connectivity index is 1.74. The number of pyridine rings is 1. The third-order valence-electron chi connectivity index (χ3n) is 3.78. The quantitative estimate of drug-likeness (QED) is 0.810. The van der Waals surface area contributed by atoms with Crippen LogP contribution in [0, 0.1) is 0 Å². The van der Waals surface area contributed by atoms with Crippen LogP contribution >= 0.6 is 0 Å². The first-order chi connectivity index (χ1) is 9.75. The molecular formula is C13H17N5O2. The van der Waals surface area contributed by atoms with Crippen LogP contribution in [0.4, 0.5) is 0 Å². The molecule has 3 rings (SSSR count). The summed E-state index contributed by atoms with van der Waals surface area (Å²) in [6.45, 7) is 0.776. The van der Waals surface area contributed by atoms with Crippen molar-refractivity contribution in [3.8, 4) is 0 Å². The van der Waals surface area contributed by atoms with E-state index in [4.69, 9.17) is 0 Å². The fraction of sp³-hybridized carbons (Fsp3) is 0.538. The van der Waals surface area contributed by atoms with Crippen molar-refractivity contribution in [2.24, 2.45) is 0 Å². The van der Waals surface area contributed by atoms with Crippen LogP contribution < -0.4 is 11.2 Å². The monoisotopic (exact) mass is 275 g/mol. The summed E-state index contributed by atoms with van der Waals surface area (Å²) in [6, 6.07) is 5.18. The first-order valence-corrected chi connectivity index (χ1v) is 6.93. The lowest BCUT2D eigenvalue weighted by atomic mass is 10.3. The molecule has 1 fully saturated rings. The van der Waals surface area contributed by atoms with Crippen molar-refractivity contribution >= 4 is 0 Å². The smallest absolute Gasteiger partial charge is 0.314 e. The highest BCUT2D eigenvalue weighted by Crippen LogP contribution is 2.26. The first-order valence-electron chi connectivity index (χ1n) is 6.93. The number of nitrogens with zero attached hydrogens (tertiary/aromatic N) is 5.